The van der Waals surface area contributed by atoms with Gasteiger partial charge in [-0.2, -0.15) is 24.1 Å². The number of anilines is 1. The van der Waals surface area contributed by atoms with Crippen molar-refractivity contribution in [1.82, 2.24) is 0 Å². The van der Waals surface area contributed by atoms with E-state index in [-0.39, 0.29) is 13.2 Å². The number of nitrogen functional groups attached to an aromatic ring is 1. The van der Waals surface area contributed by atoms with E-state index >= 15 is 0 Å². The number of aliphatic hydroxyl groups is 2. The predicted octanol–water partition coefficient (Wildman–Crippen LogP) is 5.79. The number of aliphatic hydroxyl groups excluding tert-OH is 2. The summed E-state index contributed by atoms with van der Waals surface area (Å²) in [4.78, 5) is 20.0. The molecule has 0 atom stereocenters. The molecule has 0 unspecified atom stereocenters. The fourth-order valence-electron chi connectivity index (χ4n) is 3.07. The number of carbonyl (C=O) groups excluding carboxylic acids is 2. The number of hydrogen-bond acceptors (Lipinski definition) is 6. The first-order valence-corrected chi connectivity index (χ1v) is 13.2. The summed E-state index contributed by atoms with van der Waals surface area (Å²) in [6, 6.07) is 6.59. The van der Waals surface area contributed by atoms with Crippen molar-refractivity contribution in [1.29, 1.82) is 0 Å². The molecule has 34 heavy (non-hydrogen) atoms. The summed E-state index contributed by atoms with van der Waals surface area (Å²) in [5, 5.41) is 15.2. The number of rotatable bonds is 17. The number of nitrogens with two attached hydrogens (primary N) is 1. The zero-order chi connectivity index (χ0) is 26.3. The molecule has 4 N–H and O–H groups in total. The normalized spacial score (nSPS) is 9.62. The van der Waals surface area contributed by atoms with E-state index in [1.807, 2.05) is 6.29 Å². The third kappa shape index (κ3) is 35.4. The van der Waals surface area contributed by atoms with Crippen LogP contribution in [0.25, 0.3) is 0 Å². The molecule has 0 amide bonds. The van der Waals surface area contributed by atoms with Gasteiger partial charge < -0.3 is 25.5 Å². The minimum absolute atomic E-state index is 0.125. The molecule has 1 aromatic carbocycles. The van der Waals surface area contributed by atoms with Crippen molar-refractivity contribution in [2.45, 2.75) is 104 Å². The van der Waals surface area contributed by atoms with Crippen molar-refractivity contribution < 1.29 is 43.5 Å². The van der Waals surface area contributed by atoms with Crippen molar-refractivity contribution >= 4 is 18.3 Å². The molecule has 0 aromatic heterocycles. The van der Waals surface area contributed by atoms with Gasteiger partial charge >= 0.3 is 23.7 Å². The van der Waals surface area contributed by atoms with Gasteiger partial charge in [-0.05, 0) is 5.92 Å². The molecule has 0 bridgehead atoms. The summed E-state index contributed by atoms with van der Waals surface area (Å²) in [5.41, 5.74) is 6.54. The van der Waals surface area contributed by atoms with Crippen molar-refractivity contribution in [2.75, 3.05) is 18.9 Å². The third-order valence-corrected chi connectivity index (χ3v) is 4.94. The van der Waals surface area contributed by atoms with E-state index in [2.05, 4.69) is 13.8 Å². The van der Waals surface area contributed by atoms with Crippen LogP contribution in [0.1, 0.15) is 109 Å². The van der Waals surface area contributed by atoms with Gasteiger partial charge in [0.2, 0.25) is 0 Å². The zero-order valence-corrected chi connectivity index (χ0v) is 23.0. The molecular weight excluding hydrogens is 466 g/mol. The van der Waals surface area contributed by atoms with Crippen LogP contribution < -0.4 is 5.73 Å². The standard InChI is InChI=1S/C18H35O.C7H6NO.C2H6O2.O.Ti/c1-18(2)16-14-12-10-8-6-4-3-5-7-9-11-13-15-17-19;8-7-3-1-6(5-9)2-4-7;3-1-2-4;;/h18H,3-16H2,1-2H3;1-4H,8H2;3-4H,1-2H2;;/q2*-1;;;+2. The molecule has 0 saturated carbocycles. The second kappa shape index (κ2) is 34.0. The van der Waals surface area contributed by atoms with Gasteiger partial charge in [0.05, 0.1) is 19.5 Å². The second-order valence-corrected chi connectivity index (χ2v) is 8.49. The third-order valence-electron chi connectivity index (χ3n) is 4.94. The van der Waals surface area contributed by atoms with Gasteiger partial charge in [-0.1, -0.05) is 109 Å². The molecule has 194 valence electrons. The van der Waals surface area contributed by atoms with Crippen molar-refractivity contribution in [2.24, 2.45) is 5.92 Å². The molecule has 7 heteroatoms. The molecule has 0 aliphatic carbocycles. The van der Waals surface area contributed by atoms with Crippen LogP contribution in [0.2, 0.25) is 0 Å². The monoisotopic (exact) mass is 513 g/mol. The first-order valence-electron chi connectivity index (χ1n) is 12.5. The van der Waals surface area contributed by atoms with Gasteiger partial charge in [0.1, 0.15) is 0 Å². The Morgan fingerprint density at radius 1 is 0.735 bits per heavy atom. The van der Waals surface area contributed by atoms with Crippen LogP contribution in [-0.4, -0.2) is 36.0 Å². The van der Waals surface area contributed by atoms with Gasteiger partial charge in [0.15, 0.2) is 0 Å². The number of hydrogen-bond donors (Lipinski definition) is 3. The average molecular weight is 514 g/mol. The molecule has 1 rings (SSSR count). The van der Waals surface area contributed by atoms with Crippen molar-refractivity contribution in [3.8, 4) is 0 Å². The Hall–Kier alpha value is -1.21. The van der Waals surface area contributed by atoms with E-state index in [1.165, 1.54) is 77.0 Å². The number of benzene rings is 1. The van der Waals surface area contributed by atoms with Crippen LogP contribution in [0.3, 0.4) is 0 Å². The first kappa shape index (κ1) is 37.3. The first-order chi connectivity index (χ1) is 16.5. The van der Waals surface area contributed by atoms with Gasteiger partial charge in [-0.15, -0.1) is 0 Å². The molecule has 0 heterocycles. The Kier molecular flexibility index (Phi) is 37.3. The van der Waals surface area contributed by atoms with Gasteiger partial charge in [0, 0.05) is 5.69 Å². The van der Waals surface area contributed by atoms with E-state index in [0.717, 1.165) is 32.7 Å². The predicted molar refractivity (Wildman–Crippen MR) is 136 cm³/mol. The minimum atomic E-state index is -0.125. The van der Waals surface area contributed by atoms with E-state index in [4.69, 9.17) is 19.3 Å². The summed E-state index contributed by atoms with van der Waals surface area (Å²) < 4.78 is 8.25. The molecule has 0 spiro atoms. The van der Waals surface area contributed by atoms with Crippen molar-refractivity contribution in [3.05, 3.63) is 29.8 Å². The summed E-state index contributed by atoms with van der Waals surface area (Å²) in [7, 11) is 0. The van der Waals surface area contributed by atoms with Crippen LogP contribution >= 0.6 is 0 Å². The van der Waals surface area contributed by atoms with Crippen LogP contribution in [0.5, 0.6) is 0 Å². The molecule has 0 aliphatic rings. The summed E-state index contributed by atoms with van der Waals surface area (Å²) >= 11 is 0.750. The topological polar surface area (TPSA) is 118 Å². The summed E-state index contributed by atoms with van der Waals surface area (Å²) in [6.45, 7) is 4.38. The molecule has 0 saturated heterocycles. The summed E-state index contributed by atoms with van der Waals surface area (Å²) in [6.07, 6.45) is 22.1. The van der Waals surface area contributed by atoms with E-state index in [0.29, 0.717) is 17.7 Å². The van der Waals surface area contributed by atoms with Crippen molar-refractivity contribution in [3.63, 3.8) is 0 Å². The van der Waals surface area contributed by atoms with E-state index in [1.54, 1.807) is 30.6 Å². The SMILES string of the molecule is CC(C)CCCCCCCCCCCCCC[C-]=O.Nc1ccc([C-]=O)cc1.OCCO.[O]=[Ti+2]. The Morgan fingerprint density at radius 3 is 1.44 bits per heavy atom. The molecule has 0 aliphatic heterocycles. The summed E-state index contributed by atoms with van der Waals surface area (Å²) in [5.74, 6) is 0.879. The quantitative estimate of drug-likeness (QED) is 0.105. The molecule has 0 radical (unpaired) electrons. The van der Waals surface area contributed by atoms with Crippen LogP contribution in [0.4, 0.5) is 5.69 Å². The maximum atomic E-state index is 10.0. The van der Waals surface area contributed by atoms with E-state index < -0.39 is 0 Å². The Morgan fingerprint density at radius 2 is 1.12 bits per heavy atom. The Balaban J connectivity index is -0.000000524. The van der Waals surface area contributed by atoms with Gasteiger partial charge in [-0.3, -0.25) is 6.29 Å². The number of unbranched alkanes of at least 4 members (excludes halogenated alkanes) is 12. The fraction of sp³-hybridized carbons (Fsp3) is 0.704. The van der Waals surface area contributed by atoms with Crippen LogP contribution in [0, 0.1) is 5.92 Å². The Bertz CT molecular complexity index is 524. The van der Waals surface area contributed by atoms with Gasteiger partial charge in [-0.25, -0.2) is 0 Å². The Labute approximate surface area is 219 Å². The molecule has 0 fully saturated rings. The second-order valence-electron chi connectivity index (χ2n) is 8.49. The van der Waals surface area contributed by atoms with Crippen LogP contribution in [-0.2, 0) is 33.3 Å². The van der Waals surface area contributed by atoms with Crippen LogP contribution in [0.15, 0.2) is 24.3 Å². The molecule has 1 aromatic rings. The van der Waals surface area contributed by atoms with Gasteiger partial charge in [0.25, 0.3) is 0 Å². The average Bonchev–Trinajstić information content (AvgIpc) is 2.86. The molecular formula is C27H47NO5Ti. The fourth-order valence-corrected chi connectivity index (χ4v) is 3.07. The zero-order valence-electron chi connectivity index (χ0n) is 21.4. The maximum absolute atomic E-state index is 10.0. The van der Waals surface area contributed by atoms with E-state index in [9.17, 15) is 9.59 Å². The molecule has 6 nitrogen and oxygen atoms in total.